The Morgan fingerprint density at radius 3 is 0.933 bits per heavy atom. The summed E-state index contributed by atoms with van der Waals surface area (Å²) in [6.07, 6.45) is 1.71. The van der Waals surface area contributed by atoms with Gasteiger partial charge in [0, 0.05) is 0 Å². The monoisotopic (exact) mass is 252 g/mol. The van der Waals surface area contributed by atoms with Gasteiger partial charge < -0.3 is 48.9 Å². The second kappa shape index (κ2) is 19.4. The van der Waals surface area contributed by atoms with E-state index in [0.29, 0.717) is 0 Å². The van der Waals surface area contributed by atoms with Crippen LogP contribution in [-0.2, 0) is 0 Å². The van der Waals surface area contributed by atoms with Crippen LogP contribution >= 0.6 is 0 Å². The Kier molecular flexibility index (Phi) is 47.1. The van der Waals surface area contributed by atoms with E-state index in [-0.39, 0.29) is 30.7 Å². The highest BCUT2D eigenvalue weighted by atomic mass is 28.4. The molecule has 0 aromatic heterocycles. The first-order valence-corrected chi connectivity index (χ1v) is 5.17. The van der Waals surface area contributed by atoms with Crippen molar-refractivity contribution in [2.75, 3.05) is 0 Å². The number of rotatable bonds is 2. The van der Waals surface area contributed by atoms with Gasteiger partial charge in [-0.05, 0) is 12.8 Å². The van der Waals surface area contributed by atoms with E-state index in [9.17, 15) is 0 Å². The zero-order valence-corrected chi connectivity index (χ0v) is 10.6. The van der Waals surface area contributed by atoms with Gasteiger partial charge in [0.05, 0.1) is 6.10 Å². The van der Waals surface area contributed by atoms with Crippen LogP contribution in [0.5, 0.6) is 0 Å². The highest BCUT2D eigenvalue weighted by molar-refractivity contribution is 6.46. The van der Waals surface area contributed by atoms with Gasteiger partial charge in [-0.3, -0.25) is 0 Å². The fourth-order valence-electron chi connectivity index (χ4n) is 0.289. The summed E-state index contributed by atoms with van der Waals surface area (Å²) < 4.78 is 0. The van der Waals surface area contributed by atoms with Gasteiger partial charge in [0.2, 0.25) is 0 Å². The second-order valence-electron chi connectivity index (χ2n) is 2.07. The molecular weight excluding hydrogens is 224 g/mol. The minimum atomic E-state index is -4.61. The Bertz CT molecular complexity index is 84.0. The van der Waals surface area contributed by atoms with Crippen LogP contribution in [0.15, 0.2) is 0 Å². The van der Waals surface area contributed by atoms with Crippen LogP contribution in [0.25, 0.3) is 0 Å². The lowest BCUT2D eigenvalue weighted by atomic mass is 10.2. The Labute approximate surface area is 91.6 Å². The molecule has 15 heavy (non-hydrogen) atoms. The highest BCUT2D eigenvalue weighted by Crippen LogP contribution is 1.91. The van der Waals surface area contributed by atoms with E-state index in [2.05, 4.69) is 0 Å². The van der Waals surface area contributed by atoms with Crippen LogP contribution in [0, 0.1) is 0 Å². The fourth-order valence-corrected chi connectivity index (χ4v) is 0.289. The third-order valence-corrected chi connectivity index (χ3v) is 0.942. The van der Waals surface area contributed by atoms with E-state index in [1.54, 1.807) is 0 Å². The molecule has 0 saturated heterocycles. The summed E-state index contributed by atoms with van der Waals surface area (Å²) in [5.41, 5.74) is 0. The third-order valence-electron chi connectivity index (χ3n) is 0.942. The van der Waals surface area contributed by atoms with Crippen LogP contribution in [0.3, 0.4) is 0 Å². The fraction of sp³-hybridized carbons (Fsp3) is 1.00. The first kappa shape index (κ1) is 36.4. The van der Waals surface area contributed by atoms with E-state index >= 15 is 0 Å². The molecule has 0 aliphatic rings. The molecule has 0 spiro atoms. The summed E-state index contributed by atoms with van der Waals surface area (Å²) in [4.78, 5) is 29.3. The highest BCUT2D eigenvalue weighted by Gasteiger charge is 2.22. The molecule has 17 N–H and O–H groups in total. The molecule has 0 fully saturated rings. The second-order valence-corrected chi connectivity index (χ2v) is 3.27. The van der Waals surface area contributed by atoms with E-state index in [4.69, 9.17) is 24.3 Å². The van der Waals surface area contributed by atoms with Crippen molar-refractivity contribution in [2.45, 2.75) is 32.8 Å². The minimum Gasteiger partial charge on any atom is -0.393 e. The van der Waals surface area contributed by atoms with Crippen molar-refractivity contribution in [3.8, 4) is 0 Å². The molecule has 0 saturated carbocycles. The molecule has 0 heterocycles. The van der Waals surface area contributed by atoms with Gasteiger partial charge in [0.15, 0.2) is 0 Å². The molecule has 0 rings (SSSR count). The van der Waals surface area contributed by atoms with Crippen molar-refractivity contribution < 1.29 is 24.3 Å². The predicted octanol–water partition coefficient (Wildman–Crippen LogP) is -0.793. The molecule has 0 aliphatic heterocycles. The summed E-state index contributed by atoms with van der Waals surface area (Å²) in [5, 5.41) is 8.67. The molecule has 0 unspecified atom stereocenters. The molecule has 0 aromatic carbocycles. The molecule has 0 atom stereocenters. The van der Waals surface area contributed by atoms with Gasteiger partial charge in [0.1, 0.15) is 0 Å². The molecule has 0 amide bonds. The smallest absolute Gasteiger partial charge is 0.393 e. The van der Waals surface area contributed by atoms with Crippen LogP contribution < -0.4 is 24.6 Å². The molecule has 0 bridgehead atoms. The van der Waals surface area contributed by atoms with Crippen molar-refractivity contribution in [1.82, 2.24) is 24.6 Å². The van der Waals surface area contributed by atoms with Gasteiger partial charge >= 0.3 is 9.05 Å². The molecule has 0 radical (unpaired) electrons. The van der Waals surface area contributed by atoms with Gasteiger partial charge in [-0.1, -0.05) is 13.8 Å². The predicted molar refractivity (Wildman–Crippen MR) is 61.3 cm³/mol. The SMILES string of the molecule is CCC(O)CC.N.N.N.N.O[Si](O)(O)O. The van der Waals surface area contributed by atoms with Crippen molar-refractivity contribution in [3.63, 3.8) is 0 Å². The number of hydrogen-bond acceptors (Lipinski definition) is 9. The summed E-state index contributed by atoms with van der Waals surface area (Å²) in [7, 11) is -4.61. The number of aliphatic hydroxyl groups is 1. The molecule has 102 valence electrons. The Morgan fingerprint density at radius 1 is 0.800 bits per heavy atom. The molecule has 0 aromatic rings. The lowest BCUT2D eigenvalue weighted by Gasteiger charge is -1.98. The van der Waals surface area contributed by atoms with Crippen molar-refractivity contribution in [2.24, 2.45) is 0 Å². The Hall–Kier alpha value is -0.143. The quantitative estimate of drug-likeness (QED) is 0.279. The first-order chi connectivity index (χ1) is 4.81. The normalized spacial score (nSPS) is 8.00. The standard InChI is InChI=1S/C5H12O.4H3N.H4O4Si/c1-3-5(6)4-2;;;;;1-5(2,3)4/h5-6H,3-4H2,1-2H3;4*1H3;1-4H. The van der Waals surface area contributed by atoms with Crippen molar-refractivity contribution in [3.05, 3.63) is 0 Å². The number of aliphatic hydroxyl groups excluding tert-OH is 1. The summed E-state index contributed by atoms with van der Waals surface area (Å²) in [6, 6.07) is 0. The summed E-state index contributed by atoms with van der Waals surface area (Å²) in [5.74, 6) is 0. The zero-order valence-electron chi connectivity index (χ0n) is 9.56. The first-order valence-electron chi connectivity index (χ1n) is 3.38. The molecule has 10 heteroatoms. The Morgan fingerprint density at radius 2 is 0.933 bits per heavy atom. The maximum atomic E-state index is 8.67. The van der Waals surface area contributed by atoms with Crippen LogP contribution in [0.4, 0.5) is 0 Å². The van der Waals surface area contributed by atoms with Crippen molar-refractivity contribution in [1.29, 1.82) is 0 Å². The third kappa shape index (κ3) is 131. The van der Waals surface area contributed by atoms with Crippen LogP contribution in [-0.4, -0.2) is 39.4 Å². The lowest BCUT2D eigenvalue weighted by molar-refractivity contribution is 0.117. The molecular formula is C5H28N4O5Si. The summed E-state index contributed by atoms with van der Waals surface area (Å²) in [6.45, 7) is 3.96. The van der Waals surface area contributed by atoms with Gasteiger partial charge in [-0.25, -0.2) is 0 Å². The van der Waals surface area contributed by atoms with E-state index in [1.165, 1.54) is 0 Å². The lowest BCUT2D eigenvalue weighted by Crippen LogP contribution is -2.33. The van der Waals surface area contributed by atoms with Crippen molar-refractivity contribution >= 4 is 9.05 Å². The summed E-state index contributed by atoms with van der Waals surface area (Å²) >= 11 is 0. The van der Waals surface area contributed by atoms with Gasteiger partial charge in [-0.2, -0.15) is 0 Å². The maximum Gasteiger partial charge on any atom is 0.668 e. The largest absolute Gasteiger partial charge is 0.668 e. The molecule has 0 aliphatic carbocycles. The molecule has 9 nitrogen and oxygen atoms in total. The van der Waals surface area contributed by atoms with Gasteiger partial charge in [-0.15, -0.1) is 0 Å². The minimum absolute atomic E-state index is 0. The Balaban J connectivity index is -0.0000000215. The van der Waals surface area contributed by atoms with E-state index < -0.39 is 9.05 Å². The average molecular weight is 252 g/mol. The average Bonchev–Trinajstić information content (AvgIpc) is 1.83. The van der Waals surface area contributed by atoms with E-state index in [0.717, 1.165) is 12.8 Å². The van der Waals surface area contributed by atoms with E-state index in [1.807, 2.05) is 13.8 Å². The topological polar surface area (TPSA) is 241 Å². The number of hydrogen-bond donors (Lipinski definition) is 9. The van der Waals surface area contributed by atoms with Gasteiger partial charge in [0.25, 0.3) is 0 Å². The van der Waals surface area contributed by atoms with Crippen LogP contribution in [0.1, 0.15) is 26.7 Å². The van der Waals surface area contributed by atoms with Crippen LogP contribution in [0.2, 0.25) is 0 Å². The zero-order chi connectivity index (χ0) is 9.49. The maximum absolute atomic E-state index is 8.67.